The number of sulfone groups is 1. The molecule has 0 unspecified atom stereocenters. The quantitative estimate of drug-likeness (QED) is 0.754. The van der Waals surface area contributed by atoms with Crippen LogP contribution in [0.4, 0.5) is 13.2 Å². The lowest BCUT2D eigenvalue weighted by molar-refractivity contribution is -0.137. The van der Waals surface area contributed by atoms with Gasteiger partial charge in [0.2, 0.25) is 0 Å². The fraction of sp³-hybridized carbons (Fsp3) is 0.350. The van der Waals surface area contributed by atoms with Crippen LogP contribution in [0, 0.1) is 0 Å². The van der Waals surface area contributed by atoms with E-state index in [1.165, 1.54) is 24.3 Å². The molecule has 1 aliphatic rings. The maximum absolute atomic E-state index is 12.9. The van der Waals surface area contributed by atoms with E-state index in [0.29, 0.717) is 43.9 Å². The molecule has 1 heterocycles. The summed E-state index contributed by atoms with van der Waals surface area (Å²) in [6, 6.07) is 11.2. The Hall–Kier alpha value is -2.39. The Labute approximate surface area is 167 Å². The molecule has 0 aliphatic carbocycles. The molecular weight excluding hydrogens is 405 g/mol. The van der Waals surface area contributed by atoms with Gasteiger partial charge in [-0.15, -0.1) is 0 Å². The van der Waals surface area contributed by atoms with E-state index in [1.54, 1.807) is 17.0 Å². The molecular formula is C20H21F3N2O3S. The summed E-state index contributed by atoms with van der Waals surface area (Å²) in [6.45, 7) is 2.25. The predicted molar refractivity (Wildman–Crippen MR) is 102 cm³/mol. The lowest BCUT2D eigenvalue weighted by atomic mass is 10.1. The summed E-state index contributed by atoms with van der Waals surface area (Å²) in [7, 11) is -3.41. The van der Waals surface area contributed by atoms with Gasteiger partial charge in [-0.2, -0.15) is 13.2 Å². The van der Waals surface area contributed by atoms with Crippen LogP contribution in [-0.4, -0.2) is 56.6 Å². The zero-order valence-corrected chi connectivity index (χ0v) is 16.6. The smallest absolute Gasteiger partial charge is 0.336 e. The largest absolute Gasteiger partial charge is 0.416 e. The maximum Gasteiger partial charge on any atom is 0.416 e. The van der Waals surface area contributed by atoms with Crippen molar-refractivity contribution in [1.29, 1.82) is 0 Å². The predicted octanol–water partition coefficient (Wildman–Crippen LogP) is 3.07. The fourth-order valence-corrected chi connectivity index (χ4v) is 3.92. The molecule has 0 saturated carbocycles. The van der Waals surface area contributed by atoms with Gasteiger partial charge in [0, 0.05) is 44.5 Å². The van der Waals surface area contributed by atoms with Gasteiger partial charge in [-0.1, -0.05) is 24.3 Å². The highest BCUT2D eigenvalue weighted by atomic mass is 32.2. The second-order valence-electron chi connectivity index (χ2n) is 7.07. The number of halogens is 3. The number of benzene rings is 2. The second kappa shape index (κ2) is 8.16. The van der Waals surface area contributed by atoms with Crippen molar-refractivity contribution in [2.24, 2.45) is 0 Å². The summed E-state index contributed by atoms with van der Waals surface area (Å²) in [5.74, 6) is -0.255. The molecule has 3 rings (SSSR count). The Bertz CT molecular complexity index is 998. The lowest BCUT2D eigenvalue weighted by Crippen LogP contribution is -2.48. The molecule has 1 aliphatic heterocycles. The monoisotopic (exact) mass is 426 g/mol. The summed E-state index contributed by atoms with van der Waals surface area (Å²) >= 11 is 0. The molecule has 0 spiro atoms. The van der Waals surface area contributed by atoms with Gasteiger partial charge in [0.05, 0.1) is 10.5 Å². The third kappa shape index (κ3) is 5.36. The van der Waals surface area contributed by atoms with Crippen molar-refractivity contribution >= 4 is 15.7 Å². The van der Waals surface area contributed by atoms with Gasteiger partial charge in [-0.3, -0.25) is 9.69 Å². The summed E-state index contributed by atoms with van der Waals surface area (Å²) in [6.07, 6.45) is -3.29. The van der Waals surface area contributed by atoms with Gasteiger partial charge in [0.1, 0.15) is 0 Å². The van der Waals surface area contributed by atoms with Gasteiger partial charge in [-0.25, -0.2) is 8.42 Å². The van der Waals surface area contributed by atoms with Crippen molar-refractivity contribution in [2.45, 2.75) is 17.6 Å². The van der Waals surface area contributed by atoms with Crippen LogP contribution in [0.5, 0.6) is 0 Å². The highest BCUT2D eigenvalue weighted by Gasteiger charge is 2.30. The topological polar surface area (TPSA) is 57.7 Å². The Balaban J connectivity index is 1.62. The molecule has 9 heteroatoms. The number of hydrogen-bond donors (Lipinski definition) is 0. The van der Waals surface area contributed by atoms with E-state index in [9.17, 15) is 26.4 Å². The summed E-state index contributed by atoms with van der Waals surface area (Å²) in [4.78, 5) is 16.4. The summed E-state index contributed by atoms with van der Waals surface area (Å²) in [5.41, 5.74) is 0.203. The highest BCUT2D eigenvalue weighted by molar-refractivity contribution is 7.90. The Kier molecular flexibility index (Phi) is 6.00. The first-order valence-corrected chi connectivity index (χ1v) is 10.9. The Morgan fingerprint density at radius 2 is 1.66 bits per heavy atom. The summed E-state index contributed by atoms with van der Waals surface area (Å²) in [5, 5.41) is 0. The molecule has 1 fully saturated rings. The van der Waals surface area contributed by atoms with Crippen molar-refractivity contribution in [1.82, 2.24) is 9.80 Å². The number of amides is 1. The normalized spacial score (nSPS) is 16.1. The number of rotatable bonds is 4. The van der Waals surface area contributed by atoms with E-state index >= 15 is 0 Å². The second-order valence-corrected chi connectivity index (χ2v) is 9.08. The zero-order chi connectivity index (χ0) is 21.2. The first kappa shape index (κ1) is 21.3. The minimum absolute atomic E-state index is 0.0894. The van der Waals surface area contributed by atoms with Crippen LogP contribution in [0.25, 0.3) is 0 Å². The Morgan fingerprint density at radius 1 is 1.00 bits per heavy atom. The molecule has 0 bridgehead atoms. The molecule has 0 aromatic heterocycles. The van der Waals surface area contributed by atoms with Gasteiger partial charge in [-0.05, 0) is 29.8 Å². The van der Waals surface area contributed by atoms with Crippen LogP contribution in [0.1, 0.15) is 21.5 Å². The van der Waals surface area contributed by atoms with Crippen molar-refractivity contribution in [3.63, 3.8) is 0 Å². The minimum atomic E-state index is -4.37. The van der Waals surface area contributed by atoms with E-state index in [1.807, 2.05) is 4.90 Å². The van der Waals surface area contributed by atoms with Crippen LogP contribution < -0.4 is 0 Å². The first-order valence-electron chi connectivity index (χ1n) is 9.02. The van der Waals surface area contributed by atoms with Gasteiger partial charge < -0.3 is 4.90 Å². The van der Waals surface area contributed by atoms with Crippen molar-refractivity contribution in [3.8, 4) is 0 Å². The molecule has 0 radical (unpaired) electrons. The number of piperazine rings is 1. The minimum Gasteiger partial charge on any atom is -0.336 e. The maximum atomic E-state index is 12.9. The molecule has 0 N–H and O–H groups in total. The number of carbonyl (C=O) groups excluding carboxylic acids is 1. The van der Waals surface area contributed by atoms with E-state index in [-0.39, 0.29) is 10.8 Å². The molecule has 156 valence electrons. The first-order chi connectivity index (χ1) is 13.5. The Morgan fingerprint density at radius 3 is 2.28 bits per heavy atom. The van der Waals surface area contributed by atoms with Crippen LogP contribution in [0.15, 0.2) is 53.4 Å². The van der Waals surface area contributed by atoms with E-state index < -0.39 is 21.6 Å². The standard InChI is InChI=1S/C20H21F3N2O3S/c1-29(27,28)18-7-3-5-16(13-18)19(26)25-10-8-24(9-11-25)14-15-4-2-6-17(12-15)20(21,22)23/h2-7,12-13H,8-11,14H2,1H3. The van der Waals surface area contributed by atoms with E-state index in [4.69, 9.17) is 0 Å². The number of carbonyl (C=O) groups is 1. The van der Waals surface area contributed by atoms with E-state index in [0.717, 1.165) is 18.4 Å². The highest BCUT2D eigenvalue weighted by Crippen LogP contribution is 2.29. The molecule has 29 heavy (non-hydrogen) atoms. The molecule has 2 aromatic rings. The van der Waals surface area contributed by atoms with Crippen molar-refractivity contribution in [2.75, 3.05) is 32.4 Å². The fourth-order valence-electron chi connectivity index (χ4n) is 3.26. The number of hydrogen-bond acceptors (Lipinski definition) is 4. The SMILES string of the molecule is CS(=O)(=O)c1cccc(C(=O)N2CCN(Cc3cccc(C(F)(F)F)c3)CC2)c1. The van der Waals surface area contributed by atoms with Gasteiger partial charge in [0.15, 0.2) is 9.84 Å². The zero-order valence-electron chi connectivity index (χ0n) is 15.8. The third-order valence-electron chi connectivity index (χ3n) is 4.83. The van der Waals surface area contributed by atoms with Crippen LogP contribution in [-0.2, 0) is 22.6 Å². The molecule has 0 atom stereocenters. The lowest BCUT2D eigenvalue weighted by Gasteiger charge is -2.35. The van der Waals surface area contributed by atoms with Crippen molar-refractivity contribution < 1.29 is 26.4 Å². The summed E-state index contributed by atoms with van der Waals surface area (Å²) < 4.78 is 61.9. The van der Waals surface area contributed by atoms with Gasteiger partial charge in [0.25, 0.3) is 5.91 Å². The van der Waals surface area contributed by atoms with E-state index in [2.05, 4.69) is 0 Å². The number of alkyl halides is 3. The number of nitrogens with zero attached hydrogens (tertiary/aromatic N) is 2. The average molecular weight is 426 g/mol. The van der Waals surface area contributed by atoms with Crippen LogP contribution in [0.2, 0.25) is 0 Å². The molecule has 2 aromatic carbocycles. The molecule has 1 amide bonds. The van der Waals surface area contributed by atoms with Crippen molar-refractivity contribution in [3.05, 3.63) is 65.2 Å². The van der Waals surface area contributed by atoms with Crippen LogP contribution in [0.3, 0.4) is 0 Å². The molecule has 1 saturated heterocycles. The van der Waals surface area contributed by atoms with Gasteiger partial charge >= 0.3 is 6.18 Å². The average Bonchev–Trinajstić information content (AvgIpc) is 2.67. The van der Waals surface area contributed by atoms with Crippen LogP contribution >= 0.6 is 0 Å². The molecule has 5 nitrogen and oxygen atoms in total. The third-order valence-corrected chi connectivity index (χ3v) is 5.94.